The summed E-state index contributed by atoms with van der Waals surface area (Å²) in [5.41, 5.74) is 0.749. The largest absolute Gasteiger partial charge is 0.279 e. The molecule has 0 radical (unpaired) electrons. The van der Waals surface area contributed by atoms with Gasteiger partial charge >= 0.3 is 0 Å². The Morgan fingerprint density at radius 2 is 1.71 bits per heavy atom. The van der Waals surface area contributed by atoms with E-state index in [0.717, 1.165) is 10.8 Å². The van der Waals surface area contributed by atoms with Gasteiger partial charge in [0, 0.05) is 24.0 Å². The summed E-state index contributed by atoms with van der Waals surface area (Å²) in [6.45, 7) is 5.85. The monoisotopic (exact) mass is 343 g/mol. The third-order valence-corrected chi connectivity index (χ3v) is 5.20. The van der Waals surface area contributed by atoms with E-state index in [9.17, 15) is 8.42 Å². The summed E-state index contributed by atoms with van der Waals surface area (Å²) in [4.78, 5) is 0.213. The number of sulfonamides is 1. The highest BCUT2D eigenvalue weighted by molar-refractivity contribution is 7.92. The van der Waals surface area contributed by atoms with Crippen molar-refractivity contribution < 1.29 is 8.42 Å². The summed E-state index contributed by atoms with van der Waals surface area (Å²) < 4.78 is 30.2. The van der Waals surface area contributed by atoms with Gasteiger partial charge < -0.3 is 0 Å². The maximum atomic E-state index is 13.0. The Bertz CT molecular complexity index is 993. The Morgan fingerprint density at radius 3 is 2.42 bits per heavy atom. The topological polar surface area (TPSA) is 64.0 Å². The lowest BCUT2D eigenvalue weighted by atomic mass is 9.92. The predicted octanol–water partition coefficient (Wildman–Crippen LogP) is 3.67. The molecule has 5 nitrogen and oxygen atoms in total. The highest BCUT2D eigenvalue weighted by Gasteiger charge is 2.29. The average molecular weight is 343 g/mol. The molecule has 0 saturated heterocycles. The van der Waals surface area contributed by atoms with Crippen LogP contribution in [0.15, 0.2) is 53.6 Å². The maximum Gasteiger partial charge on any atom is 0.265 e. The first kappa shape index (κ1) is 16.5. The fraction of sp³-hybridized carbons (Fsp3) is 0.278. The molecule has 2 aromatic carbocycles. The standard InChI is InChI=1S/C18H21N3O2S/c1-18(2,3)17-16(12-21(4)19-17)24(22,23)20-15-11-7-9-13-8-5-6-10-14(13)15/h5-12,20H,1-4H3. The molecule has 1 N–H and O–H groups in total. The van der Waals surface area contributed by atoms with Gasteiger partial charge in [-0.2, -0.15) is 5.10 Å². The van der Waals surface area contributed by atoms with Crippen LogP contribution in [0.25, 0.3) is 10.8 Å². The van der Waals surface area contributed by atoms with E-state index < -0.39 is 10.0 Å². The van der Waals surface area contributed by atoms with Crippen molar-refractivity contribution in [3.63, 3.8) is 0 Å². The smallest absolute Gasteiger partial charge is 0.265 e. The highest BCUT2D eigenvalue weighted by atomic mass is 32.2. The highest BCUT2D eigenvalue weighted by Crippen LogP contribution is 2.30. The summed E-state index contributed by atoms with van der Waals surface area (Å²) in [6, 6.07) is 13.3. The molecule has 0 fully saturated rings. The van der Waals surface area contributed by atoms with Crippen molar-refractivity contribution >= 4 is 26.5 Å². The number of aryl methyl sites for hydroxylation is 1. The summed E-state index contributed by atoms with van der Waals surface area (Å²) >= 11 is 0. The summed E-state index contributed by atoms with van der Waals surface area (Å²) in [5, 5.41) is 6.20. The maximum absolute atomic E-state index is 13.0. The van der Waals surface area contributed by atoms with E-state index in [1.54, 1.807) is 19.3 Å². The third-order valence-electron chi connectivity index (χ3n) is 3.83. The van der Waals surface area contributed by atoms with Crippen LogP contribution in [0.3, 0.4) is 0 Å². The Balaban J connectivity index is 2.10. The lowest BCUT2D eigenvalue weighted by molar-refractivity contribution is 0.539. The number of rotatable bonds is 3. The van der Waals surface area contributed by atoms with Crippen molar-refractivity contribution in [2.45, 2.75) is 31.1 Å². The fourth-order valence-electron chi connectivity index (χ4n) is 2.70. The number of nitrogens with zero attached hydrogens (tertiary/aromatic N) is 2. The molecule has 0 aliphatic rings. The van der Waals surface area contributed by atoms with Crippen molar-refractivity contribution in [2.24, 2.45) is 7.05 Å². The number of anilines is 1. The van der Waals surface area contributed by atoms with Crippen LogP contribution in [-0.4, -0.2) is 18.2 Å². The first-order chi connectivity index (χ1) is 11.2. The molecule has 1 heterocycles. The second kappa shape index (κ2) is 5.63. The first-order valence-electron chi connectivity index (χ1n) is 7.73. The molecule has 0 saturated carbocycles. The van der Waals surface area contributed by atoms with E-state index >= 15 is 0 Å². The minimum atomic E-state index is -3.73. The number of fused-ring (bicyclic) bond motifs is 1. The second-order valence-electron chi connectivity index (χ2n) is 6.90. The van der Waals surface area contributed by atoms with Crippen molar-refractivity contribution in [2.75, 3.05) is 4.72 Å². The summed E-state index contributed by atoms with van der Waals surface area (Å²) in [5.74, 6) is 0. The molecular weight excluding hydrogens is 322 g/mol. The number of nitrogens with one attached hydrogen (secondary N) is 1. The Hall–Kier alpha value is -2.34. The van der Waals surface area contributed by atoms with Crippen LogP contribution in [0, 0.1) is 0 Å². The van der Waals surface area contributed by atoms with E-state index in [4.69, 9.17) is 0 Å². The fourth-order valence-corrected chi connectivity index (χ4v) is 4.17. The van der Waals surface area contributed by atoms with Crippen molar-refractivity contribution in [1.29, 1.82) is 0 Å². The van der Waals surface area contributed by atoms with Gasteiger partial charge in [0.2, 0.25) is 0 Å². The molecule has 6 heteroatoms. The molecule has 0 atom stereocenters. The van der Waals surface area contributed by atoms with Gasteiger partial charge in [-0.15, -0.1) is 0 Å². The minimum Gasteiger partial charge on any atom is -0.279 e. The Labute approximate surface area is 142 Å². The zero-order valence-corrected chi connectivity index (χ0v) is 15.1. The molecular formula is C18H21N3O2S. The number of benzene rings is 2. The molecule has 126 valence electrons. The molecule has 0 amide bonds. The Kier molecular flexibility index (Phi) is 3.87. The third kappa shape index (κ3) is 3.01. The zero-order valence-electron chi connectivity index (χ0n) is 14.2. The minimum absolute atomic E-state index is 0.213. The van der Waals surface area contributed by atoms with Gasteiger partial charge in [0.25, 0.3) is 10.0 Å². The summed E-state index contributed by atoms with van der Waals surface area (Å²) in [6.07, 6.45) is 1.55. The van der Waals surface area contributed by atoms with Gasteiger partial charge in [0.1, 0.15) is 4.90 Å². The predicted molar refractivity (Wildman–Crippen MR) is 96.7 cm³/mol. The number of hydrogen-bond acceptors (Lipinski definition) is 3. The van der Waals surface area contributed by atoms with E-state index in [1.165, 1.54) is 4.68 Å². The lowest BCUT2D eigenvalue weighted by Crippen LogP contribution is -2.20. The van der Waals surface area contributed by atoms with Crippen LogP contribution in [-0.2, 0) is 22.5 Å². The van der Waals surface area contributed by atoms with Gasteiger partial charge in [-0.25, -0.2) is 8.42 Å². The van der Waals surface area contributed by atoms with Gasteiger partial charge in [0.15, 0.2) is 0 Å². The van der Waals surface area contributed by atoms with Crippen molar-refractivity contribution in [3.05, 3.63) is 54.4 Å². The second-order valence-corrected chi connectivity index (χ2v) is 8.55. The normalized spacial score (nSPS) is 12.5. The molecule has 0 aliphatic carbocycles. The van der Waals surface area contributed by atoms with E-state index in [2.05, 4.69) is 9.82 Å². The van der Waals surface area contributed by atoms with Crippen molar-refractivity contribution in [1.82, 2.24) is 9.78 Å². The van der Waals surface area contributed by atoms with Gasteiger partial charge in [0.05, 0.1) is 11.4 Å². The van der Waals surface area contributed by atoms with E-state index in [-0.39, 0.29) is 10.3 Å². The van der Waals surface area contributed by atoms with Crippen LogP contribution in [0.4, 0.5) is 5.69 Å². The Morgan fingerprint density at radius 1 is 1.04 bits per heavy atom. The summed E-state index contributed by atoms with van der Waals surface area (Å²) in [7, 11) is -2.00. The van der Waals surface area contributed by atoms with E-state index in [0.29, 0.717) is 11.4 Å². The molecule has 24 heavy (non-hydrogen) atoms. The van der Waals surface area contributed by atoms with E-state index in [1.807, 2.05) is 57.2 Å². The zero-order chi connectivity index (χ0) is 17.5. The van der Waals surface area contributed by atoms with Crippen LogP contribution in [0.2, 0.25) is 0 Å². The van der Waals surface area contributed by atoms with Crippen LogP contribution >= 0.6 is 0 Å². The lowest BCUT2D eigenvalue weighted by Gasteiger charge is -2.18. The number of hydrogen-bond donors (Lipinski definition) is 1. The molecule has 1 aromatic heterocycles. The van der Waals surface area contributed by atoms with Crippen LogP contribution < -0.4 is 4.72 Å². The molecule has 0 unspecified atom stereocenters. The SMILES string of the molecule is Cn1cc(S(=O)(=O)Nc2cccc3ccccc23)c(C(C)(C)C)n1. The first-order valence-corrected chi connectivity index (χ1v) is 9.21. The molecule has 3 rings (SSSR count). The molecule has 0 aliphatic heterocycles. The quantitative estimate of drug-likeness (QED) is 0.789. The van der Waals surface area contributed by atoms with Crippen LogP contribution in [0.5, 0.6) is 0 Å². The molecule has 0 bridgehead atoms. The van der Waals surface area contributed by atoms with Crippen LogP contribution in [0.1, 0.15) is 26.5 Å². The molecule has 0 spiro atoms. The van der Waals surface area contributed by atoms with Gasteiger partial charge in [-0.3, -0.25) is 9.40 Å². The van der Waals surface area contributed by atoms with Crippen molar-refractivity contribution in [3.8, 4) is 0 Å². The molecule has 3 aromatic rings. The van der Waals surface area contributed by atoms with Gasteiger partial charge in [-0.1, -0.05) is 57.2 Å². The average Bonchev–Trinajstić information content (AvgIpc) is 2.91. The number of aromatic nitrogens is 2. The van der Waals surface area contributed by atoms with Gasteiger partial charge in [-0.05, 0) is 11.5 Å².